The van der Waals surface area contributed by atoms with Crippen LogP contribution in [0.5, 0.6) is 0 Å². The van der Waals surface area contributed by atoms with Gasteiger partial charge in [-0.05, 0) is 20.3 Å². The summed E-state index contributed by atoms with van der Waals surface area (Å²) < 4.78 is 30.8. The van der Waals surface area contributed by atoms with Crippen molar-refractivity contribution in [2.24, 2.45) is 0 Å². The first-order chi connectivity index (χ1) is 8.86. The Hall–Kier alpha value is -1.19. The number of sulfonamides is 1. The molecular weight excluding hydrogens is 292 g/mol. The van der Waals surface area contributed by atoms with Crippen LogP contribution in [0, 0.1) is 6.92 Å². The minimum atomic E-state index is -3.70. The molecule has 19 heavy (non-hydrogen) atoms. The van der Waals surface area contributed by atoms with E-state index in [1.54, 1.807) is 6.92 Å². The highest BCUT2D eigenvalue weighted by Crippen LogP contribution is 2.15. The second-order valence-electron chi connectivity index (χ2n) is 3.73. The molecule has 0 spiro atoms. The number of esters is 1. The molecule has 0 bridgehead atoms. The van der Waals surface area contributed by atoms with E-state index in [0.29, 0.717) is 30.1 Å². The van der Waals surface area contributed by atoms with E-state index in [0.717, 1.165) is 0 Å². The molecule has 0 radical (unpaired) electrons. The number of nitrogens with one attached hydrogen (secondary N) is 2. The van der Waals surface area contributed by atoms with Crippen LogP contribution in [-0.2, 0) is 19.6 Å². The zero-order valence-electron chi connectivity index (χ0n) is 10.7. The normalized spacial score (nSPS) is 11.5. The van der Waals surface area contributed by atoms with Crippen LogP contribution in [0.1, 0.15) is 25.5 Å². The average molecular weight is 308 g/mol. The van der Waals surface area contributed by atoms with Gasteiger partial charge >= 0.3 is 10.8 Å². The minimum Gasteiger partial charge on any atom is -0.466 e. The standard InChI is InChI=1S/C10H16N2O5S2/c1-3-17-8(13)5-4-6-11-19(15,16)9-7(2)12-10(14)18-9/h11H,3-6H2,1-2H3,(H,12,14). The lowest BCUT2D eigenvalue weighted by atomic mass is 10.3. The zero-order chi connectivity index (χ0) is 14.5. The fourth-order valence-electron chi connectivity index (χ4n) is 1.38. The molecule has 9 heteroatoms. The van der Waals surface area contributed by atoms with E-state index in [2.05, 4.69) is 9.71 Å². The summed E-state index contributed by atoms with van der Waals surface area (Å²) in [4.78, 5) is 24.1. The van der Waals surface area contributed by atoms with Gasteiger partial charge in [-0.15, -0.1) is 0 Å². The second-order valence-corrected chi connectivity index (χ2v) is 6.68. The third-order valence-electron chi connectivity index (χ3n) is 2.18. The lowest BCUT2D eigenvalue weighted by Crippen LogP contribution is -2.25. The summed E-state index contributed by atoms with van der Waals surface area (Å²) in [6, 6.07) is 0. The predicted octanol–water partition coefficient (Wildman–Crippen LogP) is 0.366. The number of hydrogen-bond donors (Lipinski definition) is 2. The highest BCUT2D eigenvalue weighted by molar-refractivity contribution is 7.91. The van der Waals surface area contributed by atoms with Crippen molar-refractivity contribution in [2.75, 3.05) is 13.2 Å². The van der Waals surface area contributed by atoms with Crippen molar-refractivity contribution >= 4 is 27.3 Å². The van der Waals surface area contributed by atoms with E-state index in [1.807, 2.05) is 0 Å². The van der Waals surface area contributed by atoms with Crippen LogP contribution in [0.4, 0.5) is 0 Å². The Labute approximate surface area is 115 Å². The minimum absolute atomic E-state index is 0.0198. The molecule has 1 aromatic heterocycles. The predicted molar refractivity (Wildman–Crippen MR) is 70.7 cm³/mol. The van der Waals surface area contributed by atoms with Crippen LogP contribution in [0.2, 0.25) is 0 Å². The van der Waals surface area contributed by atoms with Gasteiger partial charge in [0.2, 0.25) is 0 Å². The van der Waals surface area contributed by atoms with Gasteiger partial charge in [-0.1, -0.05) is 11.3 Å². The fraction of sp³-hybridized carbons (Fsp3) is 0.600. The van der Waals surface area contributed by atoms with E-state index in [-0.39, 0.29) is 23.1 Å². The van der Waals surface area contributed by atoms with E-state index in [1.165, 1.54) is 6.92 Å². The van der Waals surface area contributed by atoms with Gasteiger partial charge in [-0.2, -0.15) is 0 Å². The molecule has 0 aliphatic heterocycles. The Morgan fingerprint density at radius 2 is 2.16 bits per heavy atom. The molecule has 0 aromatic carbocycles. The van der Waals surface area contributed by atoms with Crippen LogP contribution >= 0.6 is 11.3 Å². The van der Waals surface area contributed by atoms with Gasteiger partial charge in [0.25, 0.3) is 10.0 Å². The van der Waals surface area contributed by atoms with Crippen molar-refractivity contribution in [2.45, 2.75) is 30.9 Å². The van der Waals surface area contributed by atoms with Gasteiger partial charge in [0.15, 0.2) is 4.21 Å². The average Bonchev–Trinajstić information content (AvgIpc) is 2.65. The maximum Gasteiger partial charge on any atom is 0.305 e. The van der Waals surface area contributed by atoms with Crippen molar-refractivity contribution in [1.82, 2.24) is 9.71 Å². The Morgan fingerprint density at radius 3 is 2.68 bits per heavy atom. The van der Waals surface area contributed by atoms with Crippen LogP contribution in [0.3, 0.4) is 0 Å². The summed E-state index contributed by atoms with van der Waals surface area (Å²) in [6.07, 6.45) is 0.495. The number of thiazole rings is 1. The Kier molecular flexibility index (Phi) is 5.70. The van der Waals surface area contributed by atoms with Crippen LogP contribution in [-0.4, -0.2) is 32.5 Å². The number of rotatable bonds is 7. The summed E-state index contributed by atoms with van der Waals surface area (Å²) in [5.74, 6) is -0.357. The quantitative estimate of drug-likeness (QED) is 0.559. The monoisotopic (exact) mass is 308 g/mol. The smallest absolute Gasteiger partial charge is 0.305 e. The van der Waals surface area contributed by atoms with Gasteiger partial charge in [-0.3, -0.25) is 9.59 Å². The van der Waals surface area contributed by atoms with Gasteiger partial charge in [0, 0.05) is 18.7 Å². The molecule has 0 saturated heterocycles. The number of carbonyl (C=O) groups excluding carboxylic acids is 1. The number of carbonyl (C=O) groups is 1. The molecule has 0 unspecified atom stereocenters. The molecule has 1 heterocycles. The maximum absolute atomic E-state index is 11.9. The van der Waals surface area contributed by atoms with Crippen LogP contribution in [0.15, 0.2) is 9.00 Å². The number of aromatic nitrogens is 1. The van der Waals surface area contributed by atoms with Crippen molar-refractivity contribution in [1.29, 1.82) is 0 Å². The summed E-state index contributed by atoms with van der Waals surface area (Å²) >= 11 is 0.641. The number of aryl methyl sites for hydroxylation is 1. The van der Waals surface area contributed by atoms with Crippen LogP contribution < -0.4 is 9.60 Å². The van der Waals surface area contributed by atoms with E-state index in [4.69, 9.17) is 4.74 Å². The van der Waals surface area contributed by atoms with Crippen LogP contribution in [0.25, 0.3) is 0 Å². The summed E-state index contributed by atoms with van der Waals surface area (Å²) in [5.41, 5.74) is 0.313. The Morgan fingerprint density at radius 1 is 1.47 bits per heavy atom. The maximum atomic E-state index is 11.9. The highest BCUT2D eigenvalue weighted by Gasteiger charge is 2.19. The van der Waals surface area contributed by atoms with Crippen molar-refractivity contribution in [3.8, 4) is 0 Å². The first kappa shape index (κ1) is 15.9. The summed E-state index contributed by atoms with van der Waals surface area (Å²) in [6.45, 7) is 3.65. The number of H-pyrrole nitrogens is 1. The third-order valence-corrected chi connectivity index (χ3v) is 5.25. The molecule has 108 valence electrons. The highest BCUT2D eigenvalue weighted by atomic mass is 32.2. The molecule has 7 nitrogen and oxygen atoms in total. The lowest BCUT2D eigenvalue weighted by molar-refractivity contribution is -0.143. The number of ether oxygens (including phenoxy) is 1. The Bertz CT molecular complexity index is 587. The van der Waals surface area contributed by atoms with E-state index < -0.39 is 14.9 Å². The van der Waals surface area contributed by atoms with E-state index >= 15 is 0 Å². The number of aromatic amines is 1. The molecule has 0 amide bonds. The summed E-state index contributed by atoms with van der Waals surface area (Å²) in [5, 5.41) is 0. The molecule has 0 aliphatic rings. The lowest BCUT2D eigenvalue weighted by Gasteiger charge is -2.05. The van der Waals surface area contributed by atoms with Crippen molar-refractivity contribution in [3.63, 3.8) is 0 Å². The van der Waals surface area contributed by atoms with Crippen molar-refractivity contribution < 1.29 is 17.9 Å². The molecule has 0 saturated carbocycles. The first-order valence-corrected chi connectivity index (χ1v) is 8.01. The molecular formula is C10H16N2O5S2. The topological polar surface area (TPSA) is 105 Å². The summed E-state index contributed by atoms with van der Waals surface area (Å²) in [7, 11) is -3.70. The van der Waals surface area contributed by atoms with Gasteiger partial charge < -0.3 is 9.72 Å². The molecule has 0 fully saturated rings. The molecule has 1 rings (SSSR count). The molecule has 1 aromatic rings. The fourth-order valence-corrected chi connectivity index (χ4v) is 3.80. The first-order valence-electron chi connectivity index (χ1n) is 5.72. The molecule has 0 atom stereocenters. The van der Waals surface area contributed by atoms with E-state index in [9.17, 15) is 18.0 Å². The number of hydrogen-bond acceptors (Lipinski definition) is 6. The van der Waals surface area contributed by atoms with Gasteiger partial charge in [-0.25, -0.2) is 13.1 Å². The van der Waals surface area contributed by atoms with Crippen molar-refractivity contribution in [3.05, 3.63) is 15.4 Å². The zero-order valence-corrected chi connectivity index (χ0v) is 12.3. The van der Waals surface area contributed by atoms with Gasteiger partial charge in [0.1, 0.15) is 0 Å². The largest absolute Gasteiger partial charge is 0.466 e. The van der Waals surface area contributed by atoms with Gasteiger partial charge in [0.05, 0.1) is 6.61 Å². The Balaban J connectivity index is 2.51. The third kappa shape index (κ3) is 4.77. The second kappa shape index (κ2) is 6.83. The SMILES string of the molecule is CCOC(=O)CCCNS(=O)(=O)c1sc(=O)[nH]c1C. The molecule has 2 N–H and O–H groups in total. The molecule has 0 aliphatic carbocycles.